The molecule has 0 aromatic heterocycles. The van der Waals surface area contributed by atoms with E-state index in [2.05, 4.69) is 41.9 Å². The number of ether oxygens (including phenoxy) is 1. The first-order valence-corrected chi connectivity index (χ1v) is 12.4. The molecule has 6 heteroatoms. The van der Waals surface area contributed by atoms with E-state index in [0.717, 1.165) is 44.4 Å². The number of carbonyl (C=O) groups excluding carboxylic acids is 1. The summed E-state index contributed by atoms with van der Waals surface area (Å²) < 4.78 is 6.35. The molecule has 1 aromatic rings. The van der Waals surface area contributed by atoms with Gasteiger partial charge in [-0.05, 0) is 63.2 Å². The molecular formula is C23H36N2O3S. The SMILES string of the molecule is CSCN[C@H]1CCCN(C(=O)[C@H](C)O)[C@H]1CO[C@H]1CC[C@@H](c2ccccc2)CC1. The molecule has 0 radical (unpaired) electrons. The summed E-state index contributed by atoms with van der Waals surface area (Å²) >= 11 is 1.75. The molecule has 2 aliphatic rings. The van der Waals surface area contributed by atoms with Crippen LogP contribution in [0.15, 0.2) is 30.3 Å². The number of carbonyl (C=O) groups is 1. The zero-order valence-corrected chi connectivity index (χ0v) is 18.6. The van der Waals surface area contributed by atoms with Gasteiger partial charge in [-0.2, -0.15) is 0 Å². The Balaban J connectivity index is 1.56. The van der Waals surface area contributed by atoms with E-state index in [-0.39, 0.29) is 24.1 Å². The van der Waals surface area contributed by atoms with Crippen molar-refractivity contribution >= 4 is 17.7 Å². The molecule has 0 spiro atoms. The number of benzene rings is 1. The first-order chi connectivity index (χ1) is 14.1. The highest BCUT2D eigenvalue weighted by Gasteiger charge is 2.36. The number of rotatable bonds is 8. The van der Waals surface area contributed by atoms with Crippen molar-refractivity contribution in [1.29, 1.82) is 0 Å². The summed E-state index contributed by atoms with van der Waals surface area (Å²) in [6, 6.07) is 11.0. The molecule has 1 aliphatic carbocycles. The number of nitrogens with one attached hydrogen (secondary N) is 1. The number of aliphatic hydroxyl groups excluding tert-OH is 1. The molecule has 162 valence electrons. The van der Waals surface area contributed by atoms with Gasteiger partial charge in [0.2, 0.25) is 0 Å². The molecule has 2 fully saturated rings. The monoisotopic (exact) mass is 420 g/mol. The van der Waals surface area contributed by atoms with Gasteiger partial charge in [0.25, 0.3) is 5.91 Å². The number of thioether (sulfide) groups is 1. The first kappa shape index (κ1) is 22.6. The summed E-state index contributed by atoms with van der Waals surface area (Å²) in [5.41, 5.74) is 1.44. The summed E-state index contributed by atoms with van der Waals surface area (Å²) in [7, 11) is 0. The molecular weight excluding hydrogens is 384 g/mol. The van der Waals surface area contributed by atoms with Crippen LogP contribution in [0.1, 0.15) is 56.9 Å². The van der Waals surface area contributed by atoms with Crippen LogP contribution in [0.2, 0.25) is 0 Å². The lowest BCUT2D eigenvalue weighted by molar-refractivity contribution is -0.146. The molecule has 1 aliphatic heterocycles. The largest absolute Gasteiger partial charge is 0.384 e. The lowest BCUT2D eigenvalue weighted by Gasteiger charge is -2.43. The van der Waals surface area contributed by atoms with E-state index in [0.29, 0.717) is 19.1 Å². The van der Waals surface area contributed by atoms with Crippen LogP contribution in [-0.2, 0) is 9.53 Å². The van der Waals surface area contributed by atoms with Crippen molar-refractivity contribution in [2.75, 3.05) is 25.3 Å². The Labute approximate surface area is 179 Å². The van der Waals surface area contributed by atoms with Crippen LogP contribution in [0.3, 0.4) is 0 Å². The van der Waals surface area contributed by atoms with E-state index in [9.17, 15) is 9.90 Å². The second kappa shape index (κ2) is 11.3. The Morgan fingerprint density at radius 1 is 1.24 bits per heavy atom. The van der Waals surface area contributed by atoms with Gasteiger partial charge in [-0.15, -0.1) is 11.8 Å². The summed E-state index contributed by atoms with van der Waals surface area (Å²) in [6.45, 7) is 2.81. The van der Waals surface area contributed by atoms with E-state index in [1.807, 2.05) is 4.90 Å². The average molecular weight is 421 g/mol. The smallest absolute Gasteiger partial charge is 0.251 e. The average Bonchev–Trinajstić information content (AvgIpc) is 2.76. The second-order valence-corrected chi connectivity index (χ2v) is 9.24. The number of hydrogen-bond donors (Lipinski definition) is 2. The molecule has 1 heterocycles. The van der Waals surface area contributed by atoms with Crippen LogP contribution < -0.4 is 5.32 Å². The van der Waals surface area contributed by atoms with Gasteiger partial charge in [0.1, 0.15) is 6.10 Å². The van der Waals surface area contributed by atoms with Gasteiger partial charge in [0, 0.05) is 18.5 Å². The molecule has 5 nitrogen and oxygen atoms in total. The van der Waals surface area contributed by atoms with Crippen LogP contribution in [0.4, 0.5) is 0 Å². The highest BCUT2D eigenvalue weighted by Crippen LogP contribution is 2.34. The molecule has 3 atom stereocenters. The van der Waals surface area contributed by atoms with Crippen molar-refractivity contribution in [3.63, 3.8) is 0 Å². The number of likely N-dealkylation sites (tertiary alicyclic amines) is 1. The molecule has 1 amide bonds. The summed E-state index contributed by atoms with van der Waals surface area (Å²) in [4.78, 5) is 14.4. The number of hydrogen-bond acceptors (Lipinski definition) is 5. The molecule has 29 heavy (non-hydrogen) atoms. The van der Waals surface area contributed by atoms with Crippen LogP contribution in [0, 0.1) is 0 Å². The maximum Gasteiger partial charge on any atom is 0.251 e. The number of amides is 1. The fourth-order valence-corrected chi connectivity index (χ4v) is 5.11. The summed E-state index contributed by atoms with van der Waals surface area (Å²) in [6.07, 6.45) is 7.83. The standard InChI is InChI=1S/C23H36N2O3S/c1-17(26)23(27)25-14-6-9-21(24-16-29-2)22(25)15-28-20-12-10-19(11-13-20)18-7-4-3-5-8-18/h3-5,7-8,17,19-22,24,26H,6,9-16H2,1-2H3/t17-,19-,20+,21-,22-/m0/s1. The Kier molecular flexibility index (Phi) is 8.85. The first-order valence-electron chi connectivity index (χ1n) is 11.0. The van der Waals surface area contributed by atoms with Crippen LogP contribution in [0.5, 0.6) is 0 Å². The molecule has 1 aromatic carbocycles. The Hall–Kier alpha value is -1.08. The number of piperidine rings is 1. The van der Waals surface area contributed by atoms with Crippen LogP contribution in [0.25, 0.3) is 0 Å². The minimum Gasteiger partial charge on any atom is -0.384 e. The third-order valence-corrected chi connectivity index (χ3v) is 6.81. The van der Waals surface area contributed by atoms with Crippen LogP contribution in [-0.4, -0.2) is 65.5 Å². The van der Waals surface area contributed by atoms with Crippen molar-refractivity contribution in [2.24, 2.45) is 0 Å². The molecule has 1 saturated carbocycles. The predicted octanol–water partition coefficient (Wildman–Crippen LogP) is 3.38. The number of aliphatic hydroxyl groups is 1. The second-order valence-electron chi connectivity index (χ2n) is 8.38. The predicted molar refractivity (Wildman–Crippen MR) is 119 cm³/mol. The minimum absolute atomic E-state index is 0.00940. The van der Waals surface area contributed by atoms with E-state index >= 15 is 0 Å². The van der Waals surface area contributed by atoms with Gasteiger partial charge < -0.3 is 20.1 Å². The highest BCUT2D eigenvalue weighted by atomic mass is 32.2. The fraction of sp³-hybridized carbons (Fsp3) is 0.696. The Morgan fingerprint density at radius 3 is 2.62 bits per heavy atom. The van der Waals surface area contributed by atoms with Gasteiger partial charge >= 0.3 is 0 Å². The maximum atomic E-state index is 12.6. The maximum absolute atomic E-state index is 12.6. The van der Waals surface area contributed by atoms with Gasteiger partial charge in [-0.1, -0.05) is 30.3 Å². The van der Waals surface area contributed by atoms with Crippen LogP contribution >= 0.6 is 11.8 Å². The third-order valence-electron chi connectivity index (χ3n) is 6.36. The summed E-state index contributed by atoms with van der Waals surface area (Å²) in [5.74, 6) is 1.32. The zero-order valence-electron chi connectivity index (χ0n) is 17.8. The van der Waals surface area contributed by atoms with E-state index < -0.39 is 6.10 Å². The fourth-order valence-electron chi connectivity index (χ4n) is 4.73. The summed E-state index contributed by atoms with van der Waals surface area (Å²) in [5, 5.41) is 13.4. The van der Waals surface area contributed by atoms with Crippen molar-refractivity contribution in [3.05, 3.63) is 35.9 Å². The van der Waals surface area contributed by atoms with E-state index in [4.69, 9.17) is 4.74 Å². The van der Waals surface area contributed by atoms with Gasteiger partial charge in [-0.3, -0.25) is 4.79 Å². The van der Waals surface area contributed by atoms with Gasteiger partial charge in [0.15, 0.2) is 0 Å². The number of nitrogens with zero attached hydrogens (tertiary/aromatic N) is 1. The highest BCUT2D eigenvalue weighted by molar-refractivity contribution is 7.98. The Morgan fingerprint density at radius 2 is 1.97 bits per heavy atom. The molecule has 2 N–H and O–H groups in total. The lowest BCUT2D eigenvalue weighted by atomic mass is 9.83. The van der Waals surface area contributed by atoms with E-state index in [1.54, 1.807) is 18.7 Å². The van der Waals surface area contributed by atoms with Gasteiger partial charge in [-0.25, -0.2) is 0 Å². The van der Waals surface area contributed by atoms with Crippen molar-refractivity contribution in [1.82, 2.24) is 10.2 Å². The Bertz CT molecular complexity index is 620. The van der Waals surface area contributed by atoms with E-state index in [1.165, 1.54) is 5.56 Å². The van der Waals surface area contributed by atoms with Crippen molar-refractivity contribution < 1.29 is 14.6 Å². The normalized spacial score (nSPS) is 28.9. The molecule has 3 rings (SSSR count). The third kappa shape index (κ3) is 6.20. The quantitative estimate of drug-likeness (QED) is 0.632. The van der Waals surface area contributed by atoms with Gasteiger partial charge in [0.05, 0.1) is 18.8 Å². The van der Waals surface area contributed by atoms with Crippen molar-refractivity contribution in [3.8, 4) is 0 Å². The van der Waals surface area contributed by atoms with Crippen molar-refractivity contribution in [2.45, 2.75) is 75.7 Å². The minimum atomic E-state index is -0.960. The topological polar surface area (TPSA) is 61.8 Å². The zero-order chi connectivity index (χ0) is 20.6. The molecule has 1 saturated heterocycles. The lowest BCUT2D eigenvalue weighted by Crippen LogP contribution is -2.59. The molecule has 0 bridgehead atoms. The molecule has 0 unspecified atom stereocenters.